The molecule has 0 aliphatic rings. The number of hydrogen-bond acceptors (Lipinski definition) is 2. The van der Waals surface area contributed by atoms with Crippen LogP contribution in [0.15, 0.2) is 24.8 Å². The molecule has 0 aliphatic carbocycles. The molecule has 0 amide bonds. The highest BCUT2D eigenvalue weighted by molar-refractivity contribution is 6.58. The molecule has 0 aliphatic heterocycles. The topological polar surface area (TPSA) is 40.5 Å². The molecule has 0 saturated heterocycles. The highest BCUT2D eigenvalue weighted by Gasteiger charge is 2.18. The number of allylic oxidation sites excluding steroid dienone is 1. The largest absolute Gasteiger partial charge is 0.491 e. The summed E-state index contributed by atoms with van der Waals surface area (Å²) in [5.41, 5.74) is 0.527. The van der Waals surface area contributed by atoms with Crippen LogP contribution in [0, 0.1) is 5.82 Å². The van der Waals surface area contributed by atoms with E-state index in [-0.39, 0.29) is 5.46 Å². The van der Waals surface area contributed by atoms with Crippen LogP contribution < -0.4 is 5.46 Å². The van der Waals surface area contributed by atoms with Crippen LogP contribution in [-0.4, -0.2) is 17.2 Å². The van der Waals surface area contributed by atoms with Crippen LogP contribution >= 0.6 is 11.6 Å². The second kappa shape index (κ2) is 5.30. The summed E-state index contributed by atoms with van der Waals surface area (Å²) >= 11 is 5.80. The second-order valence-corrected chi connectivity index (χ2v) is 3.57. The SMILES string of the molecule is C=CCCc1cc(B(O)O)c(F)cc1Cl. The molecule has 0 bridgehead atoms. The third-order valence-electron chi connectivity index (χ3n) is 2.06. The normalized spacial score (nSPS) is 10.1. The zero-order valence-electron chi connectivity index (χ0n) is 8.08. The van der Waals surface area contributed by atoms with E-state index >= 15 is 0 Å². The van der Waals surface area contributed by atoms with Crippen LogP contribution in [0.2, 0.25) is 5.02 Å². The molecule has 2 N–H and O–H groups in total. The molecule has 0 unspecified atom stereocenters. The summed E-state index contributed by atoms with van der Waals surface area (Å²) in [4.78, 5) is 0. The first-order valence-corrected chi connectivity index (χ1v) is 4.89. The van der Waals surface area contributed by atoms with Crippen LogP contribution in [-0.2, 0) is 6.42 Å². The third kappa shape index (κ3) is 3.06. The summed E-state index contributed by atoms with van der Waals surface area (Å²) in [5, 5.41) is 18.1. The number of hydrogen-bond donors (Lipinski definition) is 2. The van der Waals surface area contributed by atoms with Gasteiger partial charge in [0.1, 0.15) is 5.82 Å². The predicted molar refractivity (Wildman–Crippen MR) is 59.8 cm³/mol. The molecular formula is C10H11BClFO2. The Morgan fingerprint density at radius 1 is 1.47 bits per heavy atom. The van der Waals surface area contributed by atoms with Gasteiger partial charge in [-0.1, -0.05) is 23.7 Å². The third-order valence-corrected chi connectivity index (χ3v) is 2.41. The Hall–Kier alpha value is -0.835. The maximum atomic E-state index is 13.2. The number of rotatable bonds is 4. The molecule has 15 heavy (non-hydrogen) atoms. The average Bonchev–Trinajstić information content (AvgIpc) is 2.16. The minimum atomic E-state index is -1.82. The van der Waals surface area contributed by atoms with Crippen molar-refractivity contribution < 1.29 is 14.4 Å². The summed E-state index contributed by atoms with van der Waals surface area (Å²) in [7, 11) is -1.82. The van der Waals surface area contributed by atoms with Gasteiger partial charge in [-0.05, 0) is 24.5 Å². The maximum absolute atomic E-state index is 13.2. The first kappa shape index (κ1) is 12.2. The predicted octanol–water partition coefficient (Wildman–Crippen LogP) is 1.28. The molecular weight excluding hydrogens is 217 g/mol. The highest BCUT2D eigenvalue weighted by Crippen LogP contribution is 2.18. The summed E-state index contributed by atoms with van der Waals surface area (Å²) < 4.78 is 13.2. The van der Waals surface area contributed by atoms with Crippen molar-refractivity contribution >= 4 is 24.2 Å². The lowest BCUT2D eigenvalue weighted by Crippen LogP contribution is -2.33. The summed E-state index contributed by atoms with van der Waals surface area (Å²) in [6.07, 6.45) is 3.02. The lowest BCUT2D eigenvalue weighted by atomic mass is 9.79. The van der Waals surface area contributed by atoms with Gasteiger partial charge >= 0.3 is 7.12 Å². The van der Waals surface area contributed by atoms with Gasteiger partial charge in [-0.25, -0.2) is 4.39 Å². The van der Waals surface area contributed by atoms with Gasteiger partial charge < -0.3 is 10.0 Å². The fraction of sp³-hybridized carbons (Fsp3) is 0.200. The van der Waals surface area contributed by atoms with E-state index in [0.29, 0.717) is 23.4 Å². The maximum Gasteiger partial charge on any atom is 0.491 e. The van der Waals surface area contributed by atoms with Crippen molar-refractivity contribution in [2.24, 2.45) is 0 Å². The zero-order chi connectivity index (χ0) is 11.4. The molecule has 1 aromatic rings. The number of benzene rings is 1. The van der Waals surface area contributed by atoms with E-state index in [1.54, 1.807) is 6.08 Å². The van der Waals surface area contributed by atoms with Gasteiger partial charge in [-0.15, -0.1) is 6.58 Å². The van der Waals surface area contributed by atoms with Crippen molar-refractivity contribution in [2.45, 2.75) is 12.8 Å². The molecule has 5 heteroatoms. The van der Waals surface area contributed by atoms with Crippen molar-refractivity contribution in [1.82, 2.24) is 0 Å². The second-order valence-electron chi connectivity index (χ2n) is 3.17. The minimum Gasteiger partial charge on any atom is -0.423 e. The summed E-state index contributed by atoms with van der Waals surface area (Å²) in [5.74, 6) is -0.711. The van der Waals surface area contributed by atoms with Crippen molar-refractivity contribution in [1.29, 1.82) is 0 Å². The minimum absolute atomic E-state index is 0.154. The van der Waals surface area contributed by atoms with Crippen LogP contribution in [0.1, 0.15) is 12.0 Å². The molecule has 0 atom stereocenters. The first-order chi connectivity index (χ1) is 7.06. The Kier molecular flexibility index (Phi) is 4.33. The van der Waals surface area contributed by atoms with Gasteiger partial charge in [0.2, 0.25) is 0 Å². The summed E-state index contributed by atoms with van der Waals surface area (Å²) in [6.45, 7) is 3.56. The van der Waals surface area contributed by atoms with Gasteiger partial charge in [0.05, 0.1) is 0 Å². The molecule has 0 heterocycles. The number of halogens is 2. The Labute approximate surface area is 93.2 Å². The van der Waals surface area contributed by atoms with E-state index in [4.69, 9.17) is 21.6 Å². The molecule has 1 aromatic carbocycles. The lowest BCUT2D eigenvalue weighted by molar-refractivity contribution is 0.423. The quantitative estimate of drug-likeness (QED) is 0.602. The van der Waals surface area contributed by atoms with Crippen molar-refractivity contribution in [2.75, 3.05) is 0 Å². The van der Waals surface area contributed by atoms with E-state index < -0.39 is 12.9 Å². The lowest BCUT2D eigenvalue weighted by Gasteiger charge is -2.07. The molecule has 0 fully saturated rings. The Balaban J connectivity index is 3.05. The monoisotopic (exact) mass is 228 g/mol. The van der Waals surface area contributed by atoms with Gasteiger partial charge in [0.15, 0.2) is 0 Å². The molecule has 0 radical (unpaired) electrons. The molecule has 0 aromatic heterocycles. The molecule has 2 nitrogen and oxygen atoms in total. The van der Waals surface area contributed by atoms with E-state index in [2.05, 4.69) is 6.58 Å². The Morgan fingerprint density at radius 3 is 2.67 bits per heavy atom. The van der Waals surface area contributed by atoms with Crippen molar-refractivity contribution in [3.05, 3.63) is 41.2 Å². The highest BCUT2D eigenvalue weighted by atomic mass is 35.5. The number of aryl methyl sites for hydroxylation is 1. The fourth-order valence-corrected chi connectivity index (χ4v) is 1.50. The molecule has 0 saturated carbocycles. The molecule has 0 spiro atoms. The Morgan fingerprint density at radius 2 is 2.13 bits per heavy atom. The van der Waals surface area contributed by atoms with E-state index in [0.717, 1.165) is 6.07 Å². The standard InChI is InChI=1S/C10H11BClFO2/c1-2-3-4-7-5-8(11(14)15)10(13)6-9(7)12/h2,5-6,14-15H,1,3-4H2. The molecule has 1 rings (SSSR count). The van der Waals surface area contributed by atoms with Crippen LogP contribution in [0.4, 0.5) is 4.39 Å². The average molecular weight is 228 g/mol. The van der Waals surface area contributed by atoms with Crippen molar-refractivity contribution in [3.63, 3.8) is 0 Å². The van der Waals surface area contributed by atoms with Crippen LogP contribution in [0.5, 0.6) is 0 Å². The van der Waals surface area contributed by atoms with Gasteiger partial charge in [0, 0.05) is 10.5 Å². The first-order valence-electron chi connectivity index (χ1n) is 4.51. The molecule has 80 valence electrons. The fourth-order valence-electron chi connectivity index (χ4n) is 1.26. The zero-order valence-corrected chi connectivity index (χ0v) is 8.84. The van der Waals surface area contributed by atoms with E-state index in [9.17, 15) is 4.39 Å². The van der Waals surface area contributed by atoms with E-state index in [1.807, 2.05) is 0 Å². The van der Waals surface area contributed by atoms with Crippen molar-refractivity contribution in [3.8, 4) is 0 Å². The van der Waals surface area contributed by atoms with Gasteiger partial charge in [0.25, 0.3) is 0 Å². The van der Waals surface area contributed by atoms with Crippen LogP contribution in [0.25, 0.3) is 0 Å². The van der Waals surface area contributed by atoms with Gasteiger partial charge in [-0.3, -0.25) is 0 Å². The van der Waals surface area contributed by atoms with E-state index in [1.165, 1.54) is 6.07 Å². The Bertz CT molecular complexity index is 369. The van der Waals surface area contributed by atoms with Gasteiger partial charge in [-0.2, -0.15) is 0 Å². The van der Waals surface area contributed by atoms with Crippen LogP contribution in [0.3, 0.4) is 0 Å². The summed E-state index contributed by atoms with van der Waals surface area (Å²) in [6, 6.07) is 2.46. The smallest absolute Gasteiger partial charge is 0.423 e.